The van der Waals surface area contributed by atoms with Gasteiger partial charge in [0.2, 0.25) is 0 Å². The predicted octanol–water partition coefficient (Wildman–Crippen LogP) is 6.85. The summed E-state index contributed by atoms with van der Waals surface area (Å²) in [6.45, 7) is 6.31. The third-order valence-electron chi connectivity index (χ3n) is 6.53. The molecule has 0 bridgehead atoms. The maximum absolute atomic E-state index is 14.1. The fourth-order valence-electron chi connectivity index (χ4n) is 4.65. The number of nitrogen functional groups attached to an aromatic ring is 1. The van der Waals surface area contributed by atoms with E-state index in [0.29, 0.717) is 55.3 Å². The van der Waals surface area contributed by atoms with Crippen LogP contribution in [0.2, 0.25) is 5.02 Å². The zero-order chi connectivity index (χ0) is 30.0. The van der Waals surface area contributed by atoms with Crippen LogP contribution in [0.3, 0.4) is 0 Å². The zero-order valence-electron chi connectivity index (χ0n) is 22.8. The molecular weight excluding hydrogens is 557 g/mol. The van der Waals surface area contributed by atoms with Crippen molar-refractivity contribution >= 4 is 39.9 Å². The summed E-state index contributed by atoms with van der Waals surface area (Å²) in [6.07, 6.45) is 2.98. The molecule has 3 aromatic heterocycles. The largest absolute Gasteiger partial charge is 0.424 e. The Morgan fingerprint density at radius 3 is 2.62 bits per heavy atom. The zero-order valence-corrected chi connectivity index (χ0v) is 23.5. The number of ether oxygens (including phenoxy) is 1. The quantitative estimate of drug-likeness (QED) is 0.191. The van der Waals surface area contributed by atoms with Crippen LogP contribution in [-0.4, -0.2) is 32.1 Å². The van der Waals surface area contributed by atoms with Crippen LogP contribution in [0.4, 0.5) is 15.9 Å². The summed E-state index contributed by atoms with van der Waals surface area (Å²) in [7, 11) is 0. The van der Waals surface area contributed by atoms with Crippen molar-refractivity contribution in [2.45, 2.75) is 20.4 Å². The molecule has 0 atom stereocenters. The first-order valence-electron chi connectivity index (χ1n) is 12.8. The number of carbonyl (C=O) groups is 1. The van der Waals surface area contributed by atoms with E-state index in [-0.39, 0.29) is 29.8 Å². The van der Waals surface area contributed by atoms with Crippen LogP contribution in [0.1, 0.15) is 18.2 Å². The van der Waals surface area contributed by atoms with E-state index in [1.165, 1.54) is 6.20 Å². The van der Waals surface area contributed by atoms with Gasteiger partial charge in [-0.15, -0.1) is 0 Å². The average molecular weight is 582 g/mol. The molecule has 0 fully saturated rings. The molecule has 3 N–H and O–H groups in total. The molecule has 0 aliphatic rings. The van der Waals surface area contributed by atoms with Crippen LogP contribution < -0.4 is 15.8 Å². The number of carbonyl (C=O) groups excluding carboxylic acids is 1. The molecule has 9 nitrogen and oxygen atoms in total. The number of amides is 1. The number of nitriles is 1. The van der Waals surface area contributed by atoms with E-state index in [1.54, 1.807) is 54.1 Å². The fourth-order valence-corrected chi connectivity index (χ4v) is 4.92. The van der Waals surface area contributed by atoms with Crippen LogP contribution in [-0.2, 0) is 11.3 Å². The Morgan fingerprint density at radius 1 is 1.21 bits per heavy atom. The molecule has 210 valence electrons. The van der Waals surface area contributed by atoms with Gasteiger partial charge in [0.05, 0.1) is 33.7 Å². The lowest BCUT2D eigenvalue weighted by atomic mass is 9.97. The maximum Gasteiger partial charge on any atom is 0.322 e. The minimum absolute atomic E-state index is 0.0691. The monoisotopic (exact) mass is 581 g/mol. The molecule has 0 spiro atoms. The van der Waals surface area contributed by atoms with Gasteiger partial charge in [0.15, 0.2) is 0 Å². The van der Waals surface area contributed by atoms with E-state index in [4.69, 9.17) is 22.1 Å². The molecule has 0 unspecified atom stereocenters. The molecule has 0 saturated carbocycles. The summed E-state index contributed by atoms with van der Waals surface area (Å²) in [5.41, 5.74) is 11.0. The van der Waals surface area contributed by atoms with Crippen molar-refractivity contribution in [3.05, 3.63) is 89.4 Å². The summed E-state index contributed by atoms with van der Waals surface area (Å²) >= 11 is 6.80. The number of benzene rings is 2. The van der Waals surface area contributed by atoms with E-state index in [1.807, 2.05) is 19.1 Å². The number of fused-ring (bicyclic) bond motifs is 1. The fraction of sp³-hybridized carbons (Fsp3) is 0.129. The van der Waals surface area contributed by atoms with E-state index in [9.17, 15) is 14.4 Å². The number of pyridine rings is 1. The number of hydrogen-bond acceptors (Lipinski definition) is 7. The lowest BCUT2D eigenvalue weighted by molar-refractivity contribution is -0.112. The molecule has 0 radical (unpaired) electrons. The van der Waals surface area contributed by atoms with Crippen molar-refractivity contribution in [1.82, 2.24) is 19.5 Å². The number of halogens is 2. The number of aryl methyl sites for hydroxylation is 2. The molecule has 0 aliphatic heterocycles. The summed E-state index contributed by atoms with van der Waals surface area (Å²) in [5, 5.41) is 13.5. The molecule has 0 aliphatic carbocycles. The average Bonchev–Trinajstić information content (AvgIpc) is 3.29. The summed E-state index contributed by atoms with van der Waals surface area (Å²) in [5.74, 6) is 0.326. The van der Waals surface area contributed by atoms with Gasteiger partial charge in [0.25, 0.3) is 5.91 Å². The Balaban J connectivity index is 1.72. The SMILES string of the molecule is C=C(C)C(=O)Nc1ccc(-c2c(-c3ccc(Oc4nccc(C)n4)cc3)c3c(N)ncc(C#N)c3n2CCF)c(Cl)c1. The van der Waals surface area contributed by atoms with Crippen molar-refractivity contribution < 1.29 is 13.9 Å². The van der Waals surface area contributed by atoms with Crippen LogP contribution >= 0.6 is 11.6 Å². The van der Waals surface area contributed by atoms with Crippen LogP contribution in [0.5, 0.6) is 11.8 Å². The number of aromatic nitrogens is 4. The van der Waals surface area contributed by atoms with Gasteiger partial charge in [-0.2, -0.15) is 5.26 Å². The second-order valence-electron chi connectivity index (χ2n) is 9.49. The molecule has 11 heteroatoms. The van der Waals surface area contributed by atoms with Gasteiger partial charge in [-0.25, -0.2) is 19.3 Å². The van der Waals surface area contributed by atoms with E-state index in [2.05, 4.69) is 32.9 Å². The Labute approximate surface area is 246 Å². The van der Waals surface area contributed by atoms with E-state index in [0.717, 1.165) is 5.69 Å². The highest BCUT2D eigenvalue weighted by molar-refractivity contribution is 6.34. The molecule has 2 aromatic carbocycles. The van der Waals surface area contributed by atoms with Crippen molar-refractivity contribution in [3.63, 3.8) is 0 Å². The molecular formula is C31H25ClFN7O2. The Hall–Kier alpha value is -5.27. The van der Waals surface area contributed by atoms with Gasteiger partial charge in [-0.3, -0.25) is 4.79 Å². The van der Waals surface area contributed by atoms with Crippen LogP contribution in [0, 0.1) is 18.3 Å². The first-order valence-corrected chi connectivity index (χ1v) is 13.2. The third kappa shape index (κ3) is 5.38. The lowest BCUT2D eigenvalue weighted by Gasteiger charge is -2.15. The van der Waals surface area contributed by atoms with Crippen LogP contribution in [0.25, 0.3) is 33.3 Å². The van der Waals surface area contributed by atoms with Crippen molar-refractivity contribution in [2.75, 3.05) is 17.7 Å². The second kappa shape index (κ2) is 11.7. The van der Waals surface area contributed by atoms with Gasteiger partial charge < -0.3 is 20.4 Å². The van der Waals surface area contributed by atoms with Crippen molar-refractivity contribution in [2.24, 2.45) is 0 Å². The number of rotatable bonds is 8. The molecule has 5 rings (SSSR count). The Kier molecular flexibility index (Phi) is 7.86. The minimum atomic E-state index is -0.711. The number of nitrogens with zero attached hydrogens (tertiary/aromatic N) is 5. The van der Waals surface area contributed by atoms with E-state index < -0.39 is 6.67 Å². The lowest BCUT2D eigenvalue weighted by Crippen LogP contribution is -2.11. The second-order valence-corrected chi connectivity index (χ2v) is 9.90. The number of nitrogens with one attached hydrogen (secondary N) is 1. The van der Waals surface area contributed by atoms with Gasteiger partial charge in [-0.1, -0.05) is 30.3 Å². The number of anilines is 2. The molecule has 0 saturated heterocycles. The van der Waals surface area contributed by atoms with Gasteiger partial charge in [0, 0.05) is 40.5 Å². The predicted molar refractivity (Wildman–Crippen MR) is 161 cm³/mol. The number of nitrogens with two attached hydrogens (primary N) is 1. The summed E-state index contributed by atoms with van der Waals surface area (Å²) in [6, 6.07) is 16.3. The van der Waals surface area contributed by atoms with Gasteiger partial charge >= 0.3 is 6.01 Å². The van der Waals surface area contributed by atoms with Crippen molar-refractivity contribution in [1.29, 1.82) is 5.26 Å². The van der Waals surface area contributed by atoms with Gasteiger partial charge in [0.1, 0.15) is 24.3 Å². The first-order chi connectivity index (χ1) is 20.2. The highest BCUT2D eigenvalue weighted by Crippen LogP contribution is 2.46. The Morgan fingerprint density at radius 2 is 1.98 bits per heavy atom. The van der Waals surface area contributed by atoms with E-state index >= 15 is 0 Å². The highest BCUT2D eigenvalue weighted by Gasteiger charge is 2.26. The summed E-state index contributed by atoms with van der Waals surface area (Å²) in [4.78, 5) is 24.8. The maximum atomic E-state index is 14.1. The van der Waals surface area contributed by atoms with Gasteiger partial charge in [-0.05, 0) is 55.8 Å². The molecule has 5 aromatic rings. The van der Waals surface area contributed by atoms with Crippen molar-refractivity contribution in [3.8, 4) is 40.2 Å². The van der Waals surface area contributed by atoms with Crippen LogP contribution in [0.15, 0.2) is 73.1 Å². The topological polar surface area (TPSA) is 132 Å². The first kappa shape index (κ1) is 28.3. The molecule has 1 amide bonds. The third-order valence-corrected chi connectivity index (χ3v) is 6.84. The smallest absolute Gasteiger partial charge is 0.322 e. The molecule has 42 heavy (non-hydrogen) atoms. The molecule has 3 heterocycles. The summed E-state index contributed by atoms with van der Waals surface area (Å²) < 4.78 is 21.6. The standard InChI is InChI=1S/C31H25ClFN7O2/c1-17(2)30(41)39-21-6-9-23(24(32)14-21)28-25(26-27(40(28)13-11-33)20(15-34)16-37-29(26)35)19-4-7-22(8-5-19)42-31-36-12-10-18(3)38-31/h4-10,12,14,16H,1,11,13H2,2-3H3,(H2,35,37)(H,39,41). The Bertz CT molecular complexity index is 1890. The highest BCUT2D eigenvalue weighted by atomic mass is 35.5. The minimum Gasteiger partial charge on any atom is -0.424 e. The number of hydrogen-bond donors (Lipinski definition) is 2. The number of alkyl halides is 1. The normalized spacial score (nSPS) is 10.8.